The smallest absolute Gasteiger partial charge is 0.220 e. The number of nitrogen functional groups attached to an aromatic ring is 1. The number of nitrogens with zero attached hydrogens (tertiary/aromatic N) is 1. The van der Waals surface area contributed by atoms with Crippen molar-refractivity contribution in [2.45, 2.75) is 31.7 Å². The molecule has 5 heteroatoms. The lowest BCUT2D eigenvalue weighted by atomic mass is 9.85. The molecule has 5 nitrogen and oxygen atoms in total. The normalized spacial score (nSPS) is 24.2. The highest BCUT2D eigenvalue weighted by atomic mass is 16.1. The quantitative estimate of drug-likeness (QED) is 0.730. The molecule has 92 valence electrons. The van der Waals surface area contributed by atoms with Gasteiger partial charge in [-0.3, -0.25) is 4.79 Å². The molecule has 0 saturated heterocycles. The third-order valence-electron chi connectivity index (χ3n) is 3.27. The molecule has 0 spiro atoms. The number of rotatable bonds is 3. The van der Waals surface area contributed by atoms with Crippen molar-refractivity contribution < 1.29 is 4.79 Å². The lowest BCUT2D eigenvalue weighted by Gasteiger charge is -2.27. The second-order valence-electron chi connectivity index (χ2n) is 4.57. The molecule has 2 rings (SSSR count). The van der Waals surface area contributed by atoms with Crippen molar-refractivity contribution in [1.82, 2.24) is 4.98 Å². The molecule has 1 saturated carbocycles. The summed E-state index contributed by atoms with van der Waals surface area (Å²) in [7, 11) is 0. The van der Waals surface area contributed by atoms with Gasteiger partial charge in [0.1, 0.15) is 5.82 Å². The van der Waals surface area contributed by atoms with Crippen LogP contribution in [0.4, 0.5) is 11.5 Å². The van der Waals surface area contributed by atoms with Crippen LogP contribution in [0, 0.1) is 5.92 Å². The number of carbonyl (C=O) groups is 1. The molecule has 1 aromatic rings. The largest absolute Gasteiger partial charge is 0.399 e. The van der Waals surface area contributed by atoms with Crippen LogP contribution in [0.25, 0.3) is 0 Å². The number of pyridine rings is 1. The van der Waals surface area contributed by atoms with Gasteiger partial charge < -0.3 is 16.8 Å². The van der Waals surface area contributed by atoms with E-state index in [1.807, 2.05) is 6.07 Å². The van der Waals surface area contributed by atoms with Crippen molar-refractivity contribution in [3.63, 3.8) is 0 Å². The van der Waals surface area contributed by atoms with E-state index in [0.717, 1.165) is 31.5 Å². The molecular formula is C12H18N4O. The standard InChI is InChI=1S/C12H18N4O/c13-9-5-6-15-11(7-9)16-10-3-1-8(2-4-10)12(14)17/h5-8,10H,1-4H2,(H2,14,17)(H3,13,15,16). The Kier molecular flexibility index (Phi) is 3.46. The van der Waals surface area contributed by atoms with Gasteiger partial charge in [0.15, 0.2) is 0 Å². The van der Waals surface area contributed by atoms with Crippen molar-refractivity contribution in [3.8, 4) is 0 Å². The van der Waals surface area contributed by atoms with Gasteiger partial charge in [-0.1, -0.05) is 0 Å². The monoisotopic (exact) mass is 234 g/mol. The summed E-state index contributed by atoms with van der Waals surface area (Å²) >= 11 is 0. The van der Waals surface area contributed by atoms with Crippen LogP contribution in [0.3, 0.4) is 0 Å². The number of primary amides is 1. The molecule has 0 radical (unpaired) electrons. The van der Waals surface area contributed by atoms with Gasteiger partial charge in [0, 0.05) is 29.9 Å². The summed E-state index contributed by atoms with van der Waals surface area (Å²) in [4.78, 5) is 15.2. The van der Waals surface area contributed by atoms with Crippen molar-refractivity contribution in [2.75, 3.05) is 11.1 Å². The first-order valence-corrected chi connectivity index (χ1v) is 5.92. The molecule has 0 aromatic carbocycles. The van der Waals surface area contributed by atoms with E-state index >= 15 is 0 Å². The molecule has 0 atom stereocenters. The minimum Gasteiger partial charge on any atom is -0.399 e. The second-order valence-corrected chi connectivity index (χ2v) is 4.57. The molecule has 1 aliphatic rings. The highest BCUT2D eigenvalue weighted by Crippen LogP contribution is 2.26. The fourth-order valence-electron chi connectivity index (χ4n) is 2.26. The number of nitrogens with one attached hydrogen (secondary N) is 1. The summed E-state index contributed by atoms with van der Waals surface area (Å²) in [6.45, 7) is 0. The van der Waals surface area contributed by atoms with Crippen LogP contribution in [0.15, 0.2) is 18.3 Å². The average Bonchev–Trinajstić information content (AvgIpc) is 2.29. The van der Waals surface area contributed by atoms with Gasteiger partial charge in [0.25, 0.3) is 0 Å². The molecule has 5 N–H and O–H groups in total. The van der Waals surface area contributed by atoms with Gasteiger partial charge in [-0.25, -0.2) is 4.98 Å². The summed E-state index contributed by atoms with van der Waals surface area (Å²) in [5.74, 6) is 0.667. The van der Waals surface area contributed by atoms with Gasteiger partial charge in [-0.2, -0.15) is 0 Å². The fourth-order valence-corrected chi connectivity index (χ4v) is 2.26. The highest BCUT2D eigenvalue weighted by molar-refractivity contribution is 5.76. The lowest BCUT2D eigenvalue weighted by Crippen LogP contribution is -2.32. The maximum atomic E-state index is 11.0. The van der Waals surface area contributed by atoms with Crippen LogP contribution < -0.4 is 16.8 Å². The van der Waals surface area contributed by atoms with E-state index in [-0.39, 0.29) is 11.8 Å². The Morgan fingerprint density at radius 1 is 1.35 bits per heavy atom. The first-order valence-electron chi connectivity index (χ1n) is 5.92. The first kappa shape index (κ1) is 11.7. The van der Waals surface area contributed by atoms with Crippen molar-refractivity contribution >= 4 is 17.4 Å². The van der Waals surface area contributed by atoms with Crippen LogP contribution in [0.1, 0.15) is 25.7 Å². The van der Waals surface area contributed by atoms with Crippen molar-refractivity contribution in [3.05, 3.63) is 18.3 Å². The molecule has 0 bridgehead atoms. The van der Waals surface area contributed by atoms with E-state index in [1.165, 1.54) is 0 Å². The number of hydrogen-bond donors (Lipinski definition) is 3. The topological polar surface area (TPSA) is 94.0 Å². The third kappa shape index (κ3) is 3.09. The van der Waals surface area contributed by atoms with E-state index in [0.29, 0.717) is 11.7 Å². The van der Waals surface area contributed by atoms with E-state index in [1.54, 1.807) is 12.3 Å². The molecule has 0 aliphatic heterocycles. The number of aromatic nitrogens is 1. The van der Waals surface area contributed by atoms with Crippen LogP contribution in [0.2, 0.25) is 0 Å². The molecular weight excluding hydrogens is 216 g/mol. The number of carbonyl (C=O) groups excluding carboxylic acids is 1. The summed E-state index contributed by atoms with van der Waals surface area (Å²) in [5, 5.41) is 3.34. The van der Waals surface area contributed by atoms with Crippen molar-refractivity contribution in [2.24, 2.45) is 11.7 Å². The number of amides is 1. The molecule has 17 heavy (non-hydrogen) atoms. The van der Waals surface area contributed by atoms with Crippen LogP contribution in [-0.2, 0) is 4.79 Å². The summed E-state index contributed by atoms with van der Waals surface area (Å²) < 4.78 is 0. The minimum absolute atomic E-state index is 0.0434. The van der Waals surface area contributed by atoms with Gasteiger partial charge in [-0.05, 0) is 31.7 Å². The zero-order chi connectivity index (χ0) is 12.3. The predicted molar refractivity (Wildman–Crippen MR) is 67.2 cm³/mol. The first-order chi connectivity index (χ1) is 8.15. The predicted octanol–water partition coefficient (Wildman–Crippen LogP) is 1.12. The number of anilines is 2. The van der Waals surface area contributed by atoms with Crippen LogP contribution >= 0.6 is 0 Å². The Hall–Kier alpha value is -1.78. The number of hydrogen-bond acceptors (Lipinski definition) is 4. The Labute approximate surface area is 101 Å². The minimum atomic E-state index is -0.175. The second kappa shape index (κ2) is 5.03. The van der Waals surface area contributed by atoms with E-state index in [2.05, 4.69) is 10.3 Å². The molecule has 1 heterocycles. The molecule has 0 unspecified atom stereocenters. The Bertz CT molecular complexity index is 399. The van der Waals surface area contributed by atoms with Crippen LogP contribution in [-0.4, -0.2) is 16.9 Å². The molecule has 1 aromatic heterocycles. The third-order valence-corrected chi connectivity index (χ3v) is 3.27. The van der Waals surface area contributed by atoms with Gasteiger partial charge in [-0.15, -0.1) is 0 Å². The van der Waals surface area contributed by atoms with Gasteiger partial charge in [0.2, 0.25) is 5.91 Å². The van der Waals surface area contributed by atoms with E-state index in [4.69, 9.17) is 11.5 Å². The van der Waals surface area contributed by atoms with Crippen LogP contribution in [0.5, 0.6) is 0 Å². The van der Waals surface area contributed by atoms with Gasteiger partial charge in [0.05, 0.1) is 0 Å². The molecule has 1 aliphatic carbocycles. The van der Waals surface area contributed by atoms with E-state index < -0.39 is 0 Å². The summed E-state index contributed by atoms with van der Waals surface area (Å²) in [6, 6.07) is 3.94. The zero-order valence-electron chi connectivity index (χ0n) is 9.73. The maximum Gasteiger partial charge on any atom is 0.220 e. The maximum absolute atomic E-state index is 11.0. The number of nitrogens with two attached hydrogens (primary N) is 2. The molecule has 1 fully saturated rings. The Morgan fingerprint density at radius 3 is 2.65 bits per heavy atom. The summed E-state index contributed by atoms with van der Waals surface area (Å²) in [5.41, 5.74) is 11.7. The lowest BCUT2D eigenvalue weighted by molar-refractivity contribution is -0.122. The van der Waals surface area contributed by atoms with Crippen molar-refractivity contribution in [1.29, 1.82) is 0 Å². The Balaban J connectivity index is 1.88. The van der Waals surface area contributed by atoms with Gasteiger partial charge >= 0.3 is 0 Å². The Morgan fingerprint density at radius 2 is 2.06 bits per heavy atom. The fraction of sp³-hybridized carbons (Fsp3) is 0.500. The summed E-state index contributed by atoms with van der Waals surface area (Å²) in [6.07, 6.45) is 5.30. The zero-order valence-corrected chi connectivity index (χ0v) is 9.73. The highest BCUT2D eigenvalue weighted by Gasteiger charge is 2.24. The van der Waals surface area contributed by atoms with E-state index in [9.17, 15) is 4.79 Å². The SMILES string of the molecule is NC(=O)C1CCC(Nc2cc(N)ccn2)CC1. The average molecular weight is 234 g/mol. The molecule has 1 amide bonds.